The largest absolute Gasteiger partial charge is 0.324 e. The summed E-state index contributed by atoms with van der Waals surface area (Å²) in [6.45, 7) is 4.19. The Balaban J connectivity index is 3.07. The van der Waals surface area contributed by atoms with Crippen molar-refractivity contribution in [2.75, 3.05) is 0 Å². The molecule has 2 N–H and O–H groups in total. The van der Waals surface area contributed by atoms with Crippen LogP contribution in [0.3, 0.4) is 0 Å². The van der Waals surface area contributed by atoms with E-state index < -0.39 is 0 Å². The number of hydrogen-bond donors (Lipinski definition) is 1. The van der Waals surface area contributed by atoms with Gasteiger partial charge in [-0.3, -0.25) is 0 Å². The Bertz CT molecular complexity index is 271. The summed E-state index contributed by atoms with van der Waals surface area (Å²) >= 11 is 3.49. The summed E-state index contributed by atoms with van der Waals surface area (Å²) in [5.74, 6) is 0. The molecule has 1 aromatic carbocycles. The molecule has 0 amide bonds. The minimum absolute atomic E-state index is 0.169. The monoisotopic (exact) mass is 227 g/mol. The van der Waals surface area contributed by atoms with E-state index in [1.807, 2.05) is 12.1 Å². The average Bonchev–Trinajstić information content (AvgIpc) is 2.08. The molecule has 0 heterocycles. The molecule has 0 aliphatic heterocycles. The molecule has 0 aromatic heterocycles. The molecule has 0 radical (unpaired) electrons. The molecule has 0 spiro atoms. The van der Waals surface area contributed by atoms with Crippen LogP contribution in [0.2, 0.25) is 0 Å². The first-order valence-electron chi connectivity index (χ1n) is 4.17. The van der Waals surface area contributed by atoms with Crippen LogP contribution in [-0.2, 0) is 0 Å². The molecule has 0 aliphatic carbocycles. The number of hydrogen-bond acceptors (Lipinski definition) is 1. The van der Waals surface area contributed by atoms with Crippen molar-refractivity contribution < 1.29 is 0 Å². The maximum Gasteiger partial charge on any atom is 0.0295 e. The maximum absolute atomic E-state index is 5.94. The van der Waals surface area contributed by atoms with Gasteiger partial charge in [0.05, 0.1) is 0 Å². The molecule has 1 unspecified atom stereocenters. The van der Waals surface area contributed by atoms with Crippen molar-refractivity contribution in [1.29, 1.82) is 0 Å². The molecule has 0 fully saturated rings. The van der Waals surface area contributed by atoms with Gasteiger partial charge in [0.2, 0.25) is 0 Å². The van der Waals surface area contributed by atoms with Gasteiger partial charge in [0.1, 0.15) is 0 Å². The third-order valence-corrected chi connectivity index (χ3v) is 3.01. The van der Waals surface area contributed by atoms with Gasteiger partial charge in [0.15, 0.2) is 0 Å². The van der Waals surface area contributed by atoms with Gasteiger partial charge in [-0.2, -0.15) is 0 Å². The molecule has 0 saturated carbocycles. The van der Waals surface area contributed by atoms with Crippen LogP contribution < -0.4 is 5.73 Å². The molecule has 66 valence electrons. The molecule has 1 atom stereocenters. The second-order valence-electron chi connectivity index (χ2n) is 2.97. The van der Waals surface area contributed by atoms with E-state index in [9.17, 15) is 0 Å². The Labute approximate surface area is 82.1 Å². The Morgan fingerprint density at radius 3 is 2.75 bits per heavy atom. The standard InChI is InChI=1S/C10H14BrN/c1-3-10(12)8-5-4-6-9(11)7(8)2/h4-6,10H,3,12H2,1-2H3. The van der Waals surface area contributed by atoms with Crippen molar-refractivity contribution >= 4 is 15.9 Å². The molecule has 0 aliphatic rings. The van der Waals surface area contributed by atoms with Gasteiger partial charge in [-0.25, -0.2) is 0 Å². The summed E-state index contributed by atoms with van der Waals surface area (Å²) in [5.41, 5.74) is 8.44. The van der Waals surface area contributed by atoms with Crippen LogP contribution in [0.5, 0.6) is 0 Å². The van der Waals surface area contributed by atoms with Gasteiger partial charge in [-0.1, -0.05) is 35.0 Å². The van der Waals surface area contributed by atoms with E-state index in [0.29, 0.717) is 0 Å². The lowest BCUT2D eigenvalue weighted by Crippen LogP contribution is -2.10. The second-order valence-corrected chi connectivity index (χ2v) is 3.82. The van der Waals surface area contributed by atoms with Crippen LogP contribution in [0.4, 0.5) is 0 Å². The predicted octanol–water partition coefficient (Wildman–Crippen LogP) is 3.17. The number of halogens is 1. The van der Waals surface area contributed by atoms with E-state index >= 15 is 0 Å². The predicted molar refractivity (Wildman–Crippen MR) is 56.1 cm³/mol. The van der Waals surface area contributed by atoms with E-state index in [-0.39, 0.29) is 6.04 Å². The van der Waals surface area contributed by atoms with E-state index in [2.05, 4.69) is 35.8 Å². The highest BCUT2D eigenvalue weighted by molar-refractivity contribution is 9.10. The highest BCUT2D eigenvalue weighted by Gasteiger charge is 2.07. The summed E-state index contributed by atoms with van der Waals surface area (Å²) in [5, 5.41) is 0. The van der Waals surface area contributed by atoms with E-state index in [0.717, 1.165) is 10.9 Å². The highest BCUT2D eigenvalue weighted by atomic mass is 79.9. The zero-order valence-electron chi connectivity index (χ0n) is 7.47. The second kappa shape index (κ2) is 4.06. The van der Waals surface area contributed by atoms with Gasteiger partial charge in [-0.15, -0.1) is 0 Å². The van der Waals surface area contributed by atoms with Crippen LogP contribution in [0.25, 0.3) is 0 Å². The van der Waals surface area contributed by atoms with Crippen molar-refractivity contribution in [3.05, 3.63) is 33.8 Å². The Morgan fingerprint density at radius 2 is 2.17 bits per heavy atom. The fourth-order valence-corrected chi connectivity index (χ4v) is 1.63. The quantitative estimate of drug-likeness (QED) is 0.826. The highest BCUT2D eigenvalue weighted by Crippen LogP contribution is 2.24. The van der Waals surface area contributed by atoms with Gasteiger partial charge in [-0.05, 0) is 30.5 Å². The van der Waals surface area contributed by atoms with Crippen LogP contribution in [0.15, 0.2) is 22.7 Å². The minimum Gasteiger partial charge on any atom is -0.324 e. The third kappa shape index (κ3) is 1.87. The van der Waals surface area contributed by atoms with E-state index in [4.69, 9.17) is 5.73 Å². The van der Waals surface area contributed by atoms with Crippen molar-refractivity contribution in [2.45, 2.75) is 26.3 Å². The SMILES string of the molecule is CCC(N)c1cccc(Br)c1C. The van der Waals surface area contributed by atoms with Crippen LogP contribution in [0, 0.1) is 6.92 Å². The first-order chi connectivity index (χ1) is 5.66. The van der Waals surface area contributed by atoms with Crippen LogP contribution in [0.1, 0.15) is 30.5 Å². The molecule has 0 saturated heterocycles. The van der Waals surface area contributed by atoms with E-state index in [1.165, 1.54) is 11.1 Å². The summed E-state index contributed by atoms with van der Waals surface area (Å²) in [6, 6.07) is 6.33. The number of nitrogens with two attached hydrogens (primary N) is 1. The van der Waals surface area contributed by atoms with Gasteiger partial charge in [0, 0.05) is 10.5 Å². The lowest BCUT2D eigenvalue weighted by atomic mass is 10.0. The maximum atomic E-state index is 5.94. The Hall–Kier alpha value is -0.340. The lowest BCUT2D eigenvalue weighted by molar-refractivity contribution is 0.693. The zero-order valence-corrected chi connectivity index (χ0v) is 9.06. The van der Waals surface area contributed by atoms with E-state index in [1.54, 1.807) is 0 Å². The molecule has 1 nitrogen and oxygen atoms in total. The molecular formula is C10H14BrN. The average molecular weight is 228 g/mol. The van der Waals surface area contributed by atoms with Crippen LogP contribution >= 0.6 is 15.9 Å². The first-order valence-corrected chi connectivity index (χ1v) is 4.96. The molecule has 1 aromatic rings. The van der Waals surface area contributed by atoms with Gasteiger partial charge >= 0.3 is 0 Å². The first kappa shape index (κ1) is 9.75. The number of benzene rings is 1. The minimum atomic E-state index is 0.169. The summed E-state index contributed by atoms with van der Waals surface area (Å²) < 4.78 is 1.14. The molecule has 1 rings (SSSR count). The lowest BCUT2D eigenvalue weighted by Gasteiger charge is -2.13. The summed E-state index contributed by atoms with van der Waals surface area (Å²) in [6.07, 6.45) is 0.983. The van der Waals surface area contributed by atoms with Crippen molar-refractivity contribution in [1.82, 2.24) is 0 Å². The molecule has 0 bridgehead atoms. The fourth-order valence-electron chi connectivity index (χ4n) is 1.25. The summed E-state index contributed by atoms with van der Waals surface area (Å²) in [7, 11) is 0. The molecular weight excluding hydrogens is 214 g/mol. The smallest absolute Gasteiger partial charge is 0.0295 e. The summed E-state index contributed by atoms with van der Waals surface area (Å²) in [4.78, 5) is 0. The zero-order chi connectivity index (χ0) is 9.14. The third-order valence-electron chi connectivity index (χ3n) is 2.15. The van der Waals surface area contributed by atoms with Crippen molar-refractivity contribution in [3.63, 3.8) is 0 Å². The topological polar surface area (TPSA) is 26.0 Å². The van der Waals surface area contributed by atoms with Gasteiger partial charge < -0.3 is 5.73 Å². The van der Waals surface area contributed by atoms with Crippen LogP contribution in [-0.4, -0.2) is 0 Å². The Kier molecular flexibility index (Phi) is 3.29. The normalized spacial score (nSPS) is 13.0. The molecule has 12 heavy (non-hydrogen) atoms. The number of rotatable bonds is 2. The van der Waals surface area contributed by atoms with Crippen molar-refractivity contribution in [2.24, 2.45) is 5.73 Å². The molecule has 2 heteroatoms. The fraction of sp³-hybridized carbons (Fsp3) is 0.400. The van der Waals surface area contributed by atoms with Crippen molar-refractivity contribution in [3.8, 4) is 0 Å². The Morgan fingerprint density at radius 1 is 1.50 bits per heavy atom. The van der Waals surface area contributed by atoms with Gasteiger partial charge in [0.25, 0.3) is 0 Å².